The predicted octanol–water partition coefficient (Wildman–Crippen LogP) is 5.19. The molecular formula is C40H48FN9O. The number of aryl methyl sites for hydroxylation is 2. The second kappa shape index (κ2) is 12.7. The summed E-state index contributed by atoms with van der Waals surface area (Å²) in [6.07, 6.45) is 8.72. The van der Waals surface area contributed by atoms with Crippen LogP contribution in [0.15, 0.2) is 59.6 Å². The summed E-state index contributed by atoms with van der Waals surface area (Å²) in [4.78, 5) is 27.4. The van der Waals surface area contributed by atoms with Crippen molar-refractivity contribution in [2.24, 2.45) is 17.8 Å². The molecule has 0 bridgehead atoms. The molecule has 51 heavy (non-hydrogen) atoms. The van der Waals surface area contributed by atoms with E-state index in [9.17, 15) is 4.39 Å². The second-order valence-electron chi connectivity index (χ2n) is 15.4. The summed E-state index contributed by atoms with van der Waals surface area (Å²) in [5.41, 5.74) is 14.8. The molecular weight excluding hydrogens is 642 g/mol. The minimum atomic E-state index is -0.810. The van der Waals surface area contributed by atoms with Crippen LogP contribution in [0.1, 0.15) is 66.7 Å². The Bertz CT molecular complexity index is 2040. The van der Waals surface area contributed by atoms with E-state index in [0.29, 0.717) is 44.4 Å². The van der Waals surface area contributed by atoms with Crippen LogP contribution in [0.5, 0.6) is 6.01 Å². The third kappa shape index (κ3) is 5.60. The molecule has 6 heterocycles. The molecule has 0 saturated carbocycles. The van der Waals surface area contributed by atoms with Gasteiger partial charge in [-0.2, -0.15) is 9.97 Å². The molecule has 10 nitrogen and oxygen atoms in total. The molecule has 11 heteroatoms. The van der Waals surface area contributed by atoms with Crippen molar-refractivity contribution in [1.82, 2.24) is 29.3 Å². The normalized spacial score (nSPS) is 27.0. The van der Waals surface area contributed by atoms with Crippen molar-refractivity contribution in [3.05, 3.63) is 82.8 Å². The Morgan fingerprint density at radius 1 is 1.00 bits per heavy atom. The topological polar surface area (TPSA) is 101 Å². The van der Waals surface area contributed by atoms with Crippen LogP contribution in [0.4, 0.5) is 10.2 Å². The number of alkyl halides is 1. The maximum Gasteiger partial charge on any atom is 0.318 e. The molecule has 2 aromatic heterocycles. The number of rotatable bonds is 6. The van der Waals surface area contributed by atoms with Gasteiger partial charge in [0.15, 0.2) is 5.82 Å². The van der Waals surface area contributed by atoms with Gasteiger partial charge >= 0.3 is 6.01 Å². The highest BCUT2D eigenvalue weighted by Gasteiger charge is 2.50. The van der Waals surface area contributed by atoms with Crippen molar-refractivity contribution in [2.45, 2.75) is 75.2 Å². The number of aromatic nitrogens is 4. The first kappa shape index (κ1) is 32.6. The third-order valence-electron chi connectivity index (χ3n) is 12.3. The Morgan fingerprint density at radius 3 is 2.76 bits per heavy atom. The number of fused-ring (bicyclic) bond motifs is 5. The van der Waals surface area contributed by atoms with E-state index in [0.717, 1.165) is 104 Å². The minimum absolute atomic E-state index is 0.132. The van der Waals surface area contributed by atoms with E-state index >= 15 is 0 Å². The quantitative estimate of drug-likeness (QED) is 0.296. The number of halogens is 1. The molecule has 2 fully saturated rings. The molecule has 1 spiro atoms. The number of anilines is 1. The Kier molecular flexibility index (Phi) is 8.11. The Balaban J connectivity index is 1.08. The minimum Gasteiger partial charge on any atom is -0.461 e. The van der Waals surface area contributed by atoms with Gasteiger partial charge in [-0.15, -0.1) is 0 Å². The molecule has 1 aliphatic carbocycles. The van der Waals surface area contributed by atoms with Crippen molar-refractivity contribution >= 4 is 28.3 Å². The molecule has 0 amide bonds. The standard InChI is InChI=1S/C40H48FN9O/c1-47-25-30-34(22-40(47)16-7-11-27-10-3-4-12-31(27)40)45-38(51-26-39-15-8-19-50(39)23-28(41)21-39)46-36(30)49-18-9-17-43-29(24-49)20-32(42)37-44-33-13-5-6-14-35(33)48(37)2/h3-6,10,12-14,20,28H,7-9,11,15-19,21-26,42H2,1-2H3/b32-20-/t28-,39+,40+/m1/s1. The van der Waals surface area contributed by atoms with Gasteiger partial charge in [0.05, 0.1) is 45.8 Å². The van der Waals surface area contributed by atoms with E-state index < -0.39 is 6.17 Å². The van der Waals surface area contributed by atoms with Crippen LogP contribution < -0.4 is 15.4 Å². The number of benzene rings is 2. The maximum atomic E-state index is 14.7. The van der Waals surface area contributed by atoms with Gasteiger partial charge in [-0.25, -0.2) is 9.37 Å². The van der Waals surface area contributed by atoms with Crippen LogP contribution in [0.25, 0.3) is 16.7 Å². The number of ether oxygens (including phenoxy) is 1. The lowest BCUT2D eigenvalue weighted by Gasteiger charge is -2.49. The Hall–Kier alpha value is -4.35. The van der Waals surface area contributed by atoms with Gasteiger partial charge in [0, 0.05) is 51.6 Å². The van der Waals surface area contributed by atoms with Gasteiger partial charge in [0.2, 0.25) is 0 Å². The lowest BCUT2D eigenvalue weighted by atomic mass is 9.71. The third-order valence-corrected chi connectivity index (χ3v) is 12.3. The van der Waals surface area contributed by atoms with E-state index in [2.05, 4.69) is 52.1 Å². The Labute approximate surface area is 299 Å². The summed E-state index contributed by atoms with van der Waals surface area (Å²) in [6, 6.07) is 17.4. The average Bonchev–Trinajstić information content (AvgIpc) is 3.71. The number of imidazole rings is 1. The Morgan fingerprint density at radius 2 is 1.86 bits per heavy atom. The number of nitrogens with zero attached hydrogens (tertiary/aromatic N) is 8. The molecule has 266 valence electrons. The molecule has 2 saturated heterocycles. The molecule has 4 aliphatic heterocycles. The number of aliphatic imine (C=N–C) groups is 1. The highest BCUT2D eigenvalue weighted by Crippen LogP contribution is 2.47. The zero-order valence-electron chi connectivity index (χ0n) is 29.8. The molecule has 4 aromatic rings. The van der Waals surface area contributed by atoms with Gasteiger partial charge in [0.25, 0.3) is 0 Å². The molecule has 9 rings (SSSR count). The van der Waals surface area contributed by atoms with Crippen LogP contribution >= 0.6 is 0 Å². The summed E-state index contributed by atoms with van der Waals surface area (Å²) in [5, 5.41) is 0. The summed E-state index contributed by atoms with van der Waals surface area (Å²) in [6.45, 7) is 4.63. The van der Waals surface area contributed by atoms with Crippen LogP contribution in [-0.4, -0.2) is 93.1 Å². The summed E-state index contributed by atoms with van der Waals surface area (Å²) < 4.78 is 23.3. The van der Waals surface area contributed by atoms with Crippen LogP contribution in [0, 0.1) is 0 Å². The summed E-state index contributed by atoms with van der Waals surface area (Å²) >= 11 is 0. The number of nitrogens with two attached hydrogens (primary N) is 1. The van der Waals surface area contributed by atoms with Crippen molar-refractivity contribution < 1.29 is 9.13 Å². The summed E-state index contributed by atoms with van der Waals surface area (Å²) in [7, 11) is 4.26. The molecule has 2 aromatic carbocycles. The van der Waals surface area contributed by atoms with Crippen molar-refractivity contribution in [3.8, 4) is 6.01 Å². The number of hydrogen-bond donors (Lipinski definition) is 1. The average molecular weight is 690 g/mol. The van der Waals surface area contributed by atoms with Crippen molar-refractivity contribution in [3.63, 3.8) is 0 Å². The number of para-hydroxylation sites is 2. The van der Waals surface area contributed by atoms with Crippen LogP contribution in [-0.2, 0) is 32.0 Å². The summed E-state index contributed by atoms with van der Waals surface area (Å²) in [5.74, 6) is 1.63. The highest BCUT2D eigenvalue weighted by molar-refractivity contribution is 6.03. The fraction of sp³-hybridized carbons (Fsp3) is 0.500. The van der Waals surface area contributed by atoms with E-state index in [1.807, 2.05) is 35.9 Å². The lowest BCUT2D eigenvalue weighted by Crippen LogP contribution is -2.51. The van der Waals surface area contributed by atoms with Gasteiger partial charge < -0.3 is 19.9 Å². The van der Waals surface area contributed by atoms with Gasteiger partial charge in [-0.3, -0.25) is 14.8 Å². The monoisotopic (exact) mass is 689 g/mol. The maximum absolute atomic E-state index is 14.7. The molecule has 2 N–H and O–H groups in total. The predicted molar refractivity (Wildman–Crippen MR) is 199 cm³/mol. The van der Waals surface area contributed by atoms with E-state index in [4.69, 9.17) is 30.4 Å². The van der Waals surface area contributed by atoms with E-state index in [1.54, 1.807) is 0 Å². The number of likely N-dealkylation sites (N-methyl/N-ethyl adjacent to an activating group) is 1. The van der Waals surface area contributed by atoms with Crippen LogP contribution in [0.3, 0.4) is 0 Å². The van der Waals surface area contributed by atoms with Gasteiger partial charge in [-0.1, -0.05) is 36.4 Å². The lowest BCUT2D eigenvalue weighted by molar-refractivity contribution is 0.0714. The molecule has 3 atom stereocenters. The first-order valence-corrected chi connectivity index (χ1v) is 18.7. The second-order valence-corrected chi connectivity index (χ2v) is 15.4. The first-order chi connectivity index (χ1) is 24.8. The van der Waals surface area contributed by atoms with Crippen molar-refractivity contribution in [2.75, 3.05) is 51.3 Å². The van der Waals surface area contributed by atoms with Crippen molar-refractivity contribution in [1.29, 1.82) is 0 Å². The molecule has 0 unspecified atom stereocenters. The van der Waals surface area contributed by atoms with Crippen LogP contribution in [0.2, 0.25) is 0 Å². The van der Waals surface area contributed by atoms with Gasteiger partial charge in [-0.05, 0) is 81.5 Å². The van der Waals surface area contributed by atoms with E-state index in [-0.39, 0.29) is 11.1 Å². The zero-order chi connectivity index (χ0) is 34.7. The highest BCUT2D eigenvalue weighted by atomic mass is 19.1. The molecule has 5 aliphatic rings. The SMILES string of the molecule is CN1Cc2c(nc(OC[C@@]34CCCN3C[C@H](F)C4)nc2N2CCCN=C(/C=C(\N)c3nc4ccccc4n3C)C2)C[C@]12CCCc1ccccc12. The smallest absolute Gasteiger partial charge is 0.318 e. The first-order valence-electron chi connectivity index (χ1n) is 18.7. The number of hydrogen-bond acceptors (Lipinski definition) is 9. The van der Waals surface area contributed by atoms with Gasteiger partial charge in [0.1, 0.15) is 18.6 Å². The fourth-order valence-electron chi connectivity index (χ4n) is 9.78. The fourth-order valence-corrected chi connectivity index (χ4v) is 9.78. The zero-order valence-corrected chi connectivity index (χ0v) is 29.8. The largest absolute Gasteiger partial charge is 0.461 e. The molecule has 0 radical (unpaired) electrons. The van der Waals surface area contributed by atoms with E-state index in [1.165, 1.54) is 11.1 Å².